The Hall–Kier alpha value is -1.73. The van der Waals surface area contributed by atoms with Gasteiger partial charge in [-0.3, -0.25) is 0 Å². The van der Waals surface area contributed by atoms with E-state index in [2.05, 4.69) is 14.9 Å². The smallest absolute Gasteiger partial charge is 0.241 e. The predicted molar refractivity (Wildman–Crippen MR) is 83.1 cm³/mol. The van der Waals surface area contributed by atoms with Gasteiger partial charge in [0.15, 0.2) is 0 Å². The van der Waals surface area contributed by atoms with Crippen molar-refractivity contribution >= 4 is 10.0 Å². The molecule has 0 spiro atoms. The van der Waals surface area contributed by atoms with Crippen LogP contribution in [0.1, 0.15) is 48.2 Å². The van der Waals surface area contributed by atoms with E-state index < -0.39 is 10.0 Å². The summed E-state index contributed by atoms with van der Waals surface area (Å²) in [6.07, 6.45) is 0. The number of hydrogen-bond donors (Lipinski definition) is 1. The number of sulfonamides is 1. The largest absolute Gasteiger partial charge is 0.424 e. The minimum absolute atomic E-state index is 0.0190. The van der Waals surface area contributed by atoms with Gasteiger partial charge in [0, 0.05) is 5.92 Å². The van der Waals surface area contributed by atoms with Crippen molar-refractivity contribution in [2.24, 2.45) is 0 Å². The van der Waals surface area contributed by atoms with Crippen molar-refractivity contribution in [3.63, 3.8) is 0 Å². The molecule has 0 bridgehead atoms. The molecule has 22 heavy (non-hydrogen) atoms. The van der Waals surface area contributed by atoms with Crippen molar-refractivity contribution in [1.82, 2.24) is 14.9 Å². The van der Waals surface area contributed by atoms with E-state index in [9.17, 15) is 8.42 Å². The molecule has 1 aromatic heterocycles. The molecule has 7 heteroatoms. The summed E-state index contributed by atoms with van der Waals surface area (Å²) >= 11 is 0. The molecule has 1 aromatic carbocycles. The first-order valence-electron chi connectivity index (χ1n) is 7.10. The minimum atomic E-state index is -3.63. The van der Waals surface area contributed by atoms with E-state index in [1.807, 2.05) is 32.9 Å². The highest BCUT2D eigenvalue weighted by atomic mass is 32.2. The fourth-order valence-corrected chi connectivity index (χ4v) is 3.81. The van der Waals surface area contributed by atoms with Crippen molar-refractivity contribution in [1.29, 1.82) is 0 Å². The lowest BCUT2D eigenvalue weighted by atomic mass is 10.1. The lowest BCUT2D eigenvalue weighted by Crippen LogP contribution is -2.25. The Morgan fingerprint density at radius 1 is 1.14 bits per heavy atom. The van der Waals surface area contributed by atoms with E-state index in [1.54, 1.807) is 13.8 Å². The SMILES string of the molecule is Cc1cc(C)c(S(=O)(=O)NCc2nnc(C(C)C)o2)c(C)c1. The van der Waals surface area contributed by atoms with E-state index in [-0.39, 0.29) is 18.4 Å². The monoisotopic (exact) mass is 323 g/mol. The number of aromatic nitrogens is 2. The Morgan fingerprint density at radius 2 is 1.73 bits per heavy atom. The molecule has 1 N–H and O–H groups in total. The Labute approximate surface area is 131 Å². The van der Waals surface area contributed by atoms with Gasteiger partial charge in [0.05, 0.1) is 11.4 Å². The van der Waals surface area contributed by atoms with E-state index in [0.29, 0.717) is 10.8 Å². The van der Waals surface area contributed by atoms with Gasteiger partial charge in [-0.2, -0.15) is 0 Å². The summed E-state index contributed by atoms with van der Waals surface area (Å²) in [4.78, 5) is 0.307. The molecule has 0 fully saturated rings. The van der Waals surface area contributed by atoms with Crippen LogP contribution in [0.15, 0.2) is 21.4 Å². The molecule has 0 amide bonds. The summed E-state index contributed by atoms with van der Waals surface area (Å²) in [5, 5.41) is 7.73. The summed E-state index contributed by atoms with van der Waals surface area (Å²) < 4.78 is 32.9. The third-order valence-corrected chi connectivity index (χ3v) is 4.97. The van der Waals surface area contributed by atoms with E-state index in [0.717, 1.165) is 16.7 Å². The van der Waals surface area contributed by atoms with Crippen LogP contribution in [-0.4, -0.2) is 18.6 Å². The number of nitrogens with one attached hydrogen (secondary N) is 1. The highest BCUT2D eigenvalue weighted by Gasteiger charge is 2.21. The zero-order valence-electron chi connectivity index (χ0n) is 13.5. The number of aryl methyl sites for hydroxylation is 3. The van der Waals surface area contributed by atoms with Crippen LogP contribution in [0.25, 0.3) is 0 Å². The maximum atomic E-state index is 12.5. The molecule has 0 radical (unpaired) electrons. The molecule has 1 heterocycles. The normalized spacial score (nSPS) is 12.1. The summed E-state index contributed by atoms with van der Waals surface area (Å²) in [5.41, 5.74) is 2.48. The van der Waals surface area contributed by atoms with Crippen LogP contribution in [0, 0.1) is 20.8 Å². The van der Waals surface area contributed by atoms with E-state index in [4.69, 9.17) is 4.42 Å². The lowest BCUT2D eigenvalue weighted by molar-refractivity contribution is 0.427. The fraction of sp³-hybridized carbons (Fsp3) is 0.467. The number of nitrogens with zero attached hydrogens (tertiary/aromatic N) is 2. The van der Waals surface area contributed by atoms with Crippen molar-refractivity contribution in [2.45, 2.75) is 52.0 Å². The maximum absolute atomic E-state index is 12.5. The van der Waals surface area contributed by atoms with Gasteiger partial charge in [0.1, 0.15) is 0 Å². The highest BCUT2D eigenvalue weighted by molar-refractivity contribution is 7.89. The highest BCUT2D eigenvalue weighted by Crippen LogP contribution is 2.22. The average Bonchev–Trinajstić information content (AvgIpc) is 2.83. The molecule has 0 unspecified atom stereocenters. The number of benzene rings is 1. The van der Waals surface area contributed by atoms with Gasteiger partial charge in [-0.05, 0) is 31.9 Å². The van der Waals surface area contributed by atoms with Gasteiger partial charge in [-0.1, -0.05) is 31.5 Å². The van der Waals surface area contributed by atoms with Gasteiger partial charge in [0.2, 0.25) is 21.8 Å². The topological polar surface area (TPSA) is 85.1 Å². The second-order valence-electron chi connectivity index (χ2n) is 5.74. The van der Waals surface area contributed by atoms with Gasteiger partial charge >= 0.3 is 0 Å². The number of hydrogen-bond acceptors (Lipinski definition) is 5. The van der Waals surface area contributed by atoms with Gasteiger partial charge in [-0.25, -0.2) is 13.1 Å². The summed E-state index contributed by atoms with van der Waals surface area (Å²) in [6, 6.07) is 3.70. The Morgan fingerprint density at radius 3 is 2.23 bits per heavy atom. The molecule has 0 aliphatic carbocycles. The van der Waals surface area contributed by atoms with Crippen molar-refractivity contribution < 1.29 is 12.8 Å². The van der Waals surface area contributed by atoms with Crippen LogP contribution in [0.3, 0.4) is 0 Å². The van der Waals surface area contributed by atoms with Gasteiger partial charge < -0.3 is 4.42 Å². The van der Waals surface area contributed by atoms with Crippen molar-refractivity contribution in [3.05, 3.63) is 40.6 Å². The minimum Gasteiger partial charge on any atom is -0.424 e. The third-order valence-electron chi connectivity index (χ3n) is 3.26. The summed E-state index contributed by atoms with van der Waals surface area (Å²) in [6.45, 7) is 9.36. The number of rotatable bonds is 5. The molecule has 0 saturated heterocycles. The molecule has 6 nitrogen and oxygen atoms in total. The van der Waals surface area contributed by atoms with Crippen molar-refractivity contribution in [3.8, 4) is 0 Å². The first-order valence-corrected chi connectivity index (χ1v) is 8.59. The van der Waals surface area contributed by atoms with E-state index >= 15 is 0 Å². The lowest BCUT2D eigenvalue weighted by Gasteiger charge is -2.12. The van der Waals surface area contributed by atoms with Crippen molar-refractivity contribution in [2.75, 3.05) is 0 Å². The molecule has 0 aliphatic heterocycles. The average molecular weight is 323 g/mol. The second-order valence-corrected chi connectivity index (χ2v) is 7.44. The molecule has 0 saturated carbocycles. The van der Waals surface area contributed by atoms with Crippen LogP contribution in [0.4, 0.5) is 0 Å². The van der Waals surface area contributed by atoms with Gasteiger partial charge in [-0.15, -0.1) is 10.2 Å². The zero-order valence-corrected chi connectivity index (χ0v) is 14.3. The first-order chi connectivity index (χ1) is 10.2. The Bertz CT molecular complexity index is 756. The quantitative estimate of drug-likeness (QED) is 0.914. The predicted octanol–water partition coefficient (Wildman–Crippen LogP) is 2.60. The van der Waals surface area contributed by atoms with E-state index in [1.165, 1.54) is 0 Å². The molecule has 2 rings (SSSR count). The molecular weight excluding hydrogens is 302 g/mol. The van der Waals surface area contributed by atoms with Gasteiger partial charge in [0.25, 0.3) is 0 Å². The molecule has 0 aliphatic rings. The van der Waals surface area contributed by atoms with Crippen LogP contribution < -0.4 is 4.72 Å². The molecule has 2 aromatic rings. The van der Waals surface area contributed by atoms with Crippen LogP contribution in [0.2, 0.25) is 0 Å². The first kappa shape index (κ1) is 16.6. The standard InChI is InChI=1S/C15H21N3O3S/c1-9(2)15-18-17-13(21-15)8-16-22(19,20)14-11(4)6-10(3)7-12(14)5/h6-7,9,16H,8H2,1-5H3. The maximum Gasteiger partial charge on any atom is 0.241 e. The van der Waals surface area contributed by atoms with Crippen LogP contribution >= 0.6 is 0 Å². The Balaban J connectivity index is 2.21. The fourth-order valence-electron chi connectivity index (χ4n) is 2.39. The summed E-state index contributed by atoms with van der Waals surface area (Å²) in [5.74, 6) is 0.867. The molecule has 120 valence electrons. The zero-order chi connectivity index (χ0) is 16.5. The van der Waals surface area contributed by atoms with Crippen LogP contribution in [0.5, 0.6) is 0 Å². The summed E-state index contributed by atoms with van der Waals surface area (Å²) in [7, 11) is -3.63. The third kappa shape index (κ3) is 3.53. The second kappa shape index (κ2) is 6.18. The molecule has 0 atom stereocenters. The van der Waals surface area contributed by atoms with Crippen LogP contribution in [-0.2, 0) is 16.6 Å². The Kier molecular flexibility index (Phi) is 4.67. The molecular formula is C15H21N3O3S.